The van der Waals surface area contributed by atoms with Gasteiger partial charge in [0.25, 0.3) is 5.91 Å². The molecule has 0 bridgehead atoms. The number of aliphatic hydroxyl groups excluding tert-OH is 1. The van der Waals surface area contributed by atoms with Crippen LogP contribution in [-0.4, -0.2) is 17.1 Å². The number of benzene rings is 2. The van der Waals surface area contributed by atoms with Crippen LogP contribution in [0.1, 0.15) is 33.1 Å². The summed E-state index contributed by atoms with van der Waals surface area (Å²) >= 11 is 0. The largest absolute Gasteiger partial charge is 0.399 e. The maximum absolute atomic E-state index is 12.4. The summed E-state index contributed by atoms with van der Waals surface area (Å²) in [5, 5.41) is 13.1. The van der Waals surface area contributed by atoms with Crippen molar-refractivity contribution in [2.75, 3.05) is 5.73 Å². The molecule has 0 radical (unpaired) electrons. The Kier molecular flexibility index (Phi) is 3.39. The molecule has 2 aromatic rings. The first-order valence-electron chi connectivity index (χ1n) is 6.99. The van der Waals surface area contributed by atoms with Gasteiger partial charge in [-0.15, -0.1) is 0 Å². The molecule has 0 unspecified atom stereocenters. The van der Waals surface area contributed by atoms with Crippen LogP contribution in [0, 0.1) is 6.92 Å². The van der Waals surface area contributed by atoms with Gasteiger partial charge < -0.3 is 16.2 Å². The standard InChI is InChI=1S/C17H18N2O2/c1-10-8-12(6-7-14(10)18)17(21)19-16-13-5-3-2-4-11(13)9-15(16)20/h2-8,15-16,20H,9,18H2,1H3,(H,19,21)/t15-,16+/m0/s1. The molecular weight excluding hydrogens is 264 g/mol. The number of carbonyl (C=O) groups is 1. The highest BCUT2D eigenvalue weighted by Crippen LogP contribution is 2.31. The third-order valence-corrected chi connectivity index (χ3v) is 4.02. The topological polar surface area (TPSA) is 75.3 Å². The molecule has 2 aromatic carbocycles. The Labute approximate surface area is 123 Å². The van der Waals surface area contributed by atoms with Gasteiger partial charge in [-0.05, 0) is 41.8 Å². The van der Waals surface area contributed by atoms with Crippen molar-refractivity contribution in [3.8, 4) is 0 Å². The molecule has 1 aliphatic carbocycles. The number of aliphatic hydroxyl groups is 1. The van der Waals surface area contributed by atoms with Crippen LogP contribution in [0.25, 0.3) is 0 Å². The van der Waals surface area contributed by atoms with E-state index in [9.17, 15) is 9.90 Å². The lowest BCUT2D eigenvalue weighted by Gasteiger charge is -2.18. The average molecular weight is 282 g/mol. The monoisotopic (exact) mass is 282 g/mol. The second kappa shape index (κ2) is 5.22. The van der Waals surface area contributed by atoms with Crippen molar-refractivity contribution in [3.63, 3.8) is 0 Å². The predicted molar refractivity (Wildman–Crippen MR) is 82.0 cm³/mol. The molecule has 0 spiro atoms. The fourth-order valence-corrected chi connectivity index (χ4v) is 2.79. The minimum Gasteiger partial charge on any atom is -0.399 e. The van der Waals surface area contributed by atoms with Crippen LogP contribution in [0.4, 0.5) is 5.69 Å². The molecule has 0 saturated carbocycles. The number of fused-ring (bicyclic) bond motifs is 1. The Bertz CT molecular complexity index is 697. The van der Waals surface area contributed by atoms with Gasteiger partial charge in [-0.2, -0.15) is 0 Å². The van der Waals surface area contributed by atoms with Gasteiger partial charge in [0.05, 0.1) is 12.1 Å². The van der Waals surface area contributed by atoms with Gasteiger partial charge in [-0.1, -0.05) is 24.3 Å². The summed E-state index contributed by atoms with van der Waals surface area (Å²) < 4.78 is 0. The third-order valence-electron chi connectivity index (χ3n) is 4.02. The first kappa shape index (κ1) is 13.6. The zero-order valence-corrected chi connectivity index (χ0v) is 11.8. The Balaban J connectivity index is 1.83. The van der Waals surface area contributed by atoms with Crippen molar-refractivity contribution in [1.29, 1.82) is 0 Å². The van der Waals surface area contributed by atoms with Crippen molar-refractivity contribution in [2.45, 2.75) is 25.5 Å². The van der Waals surface area contributed by atoms with E-state index in [1.807, 2.05) is 31.2 Å². The second-order valence-corrected chi connectivity index (χ2v) is 5.49. The summed E-state index contributed by atoms with van der Waals surface area (Å²) in [5.74, 6) is -0.196. The fourth-order valence-electron chi connectivity index (χ4n) is 2.79. The summed E-state index contributed by atoms with van der Waals surface area (Å²) in [6.45, 7) is 1.87. The van der Waals surface area contributed by atoms with Gasteiger partial charge >= 0.3 is 0 Å². The van der Waals surface area contributed by atoms with Gasteiger partial charge in [0.15, 0.2) is 0 Å². The van der Waals surface area contributed by atoms with Crippen LogP contribution in [0.5, 0.6) is 0 Å². The van der Waals surface area contributed by atoms with Crippen molar-refractivity contribution >= 4 is 11.6 Å². The van der Waals surface area contributed by atoms with E-state index in [4.69, 9.17) is 5.73 Å². The molecule has 3 rings (SSSR count). The van der Waals surface area contributed by atoms with E-state index in [0.29, 0.717) is 17.7 Å². The summed E-state index contributed by atoms with van der Waals surface area (Å²) in [5.41, 5.74) is 9.93. The zero-order valence-electron chi connectivity index (χ0n) is 11.8. The normalized spacial score (nSPS) is 20.1. The molecule has 1 aliphatic rings. The average Bonchev–Trinajstić information content (AvgIpc) is 2.78. The van der Waals surface area contributed by atoms with E-state index in [2.05, 4.69) is 5.32 Å². The lowest BCUT2D eigenvalue weighted by molar-refractivity contribution is 0.0858. The molecule has 108 valence electrons. The van der Waals surface area contributed by atoms with Crippen molar-refractivity contribution in [3.05, 3.63) is 64.7 Å². The minimum atomic E-state index is -0.582. The molecule has 1 amide bonds. The van der Waals surface area contributed by atoms with Crippen LogP contribution in [0.2, 0.25) is 0 Å². The van der Waals surface area contributed by atoms with E-state index >= 15 is 0 Å². The Morgan fingerprint density at radius 2 is 2.05 bits per heavy atom. The molecule has 0 aliphatic heterocycles. The summed E-state index contributed by atoms with van der Waals surface area (Å²) in [6, 6.07) is 12.6. The number of nitrogens with two attached hydrogens (primary N) is 1. The number of amides is 1. The molecule has 0 heterocycles. The van der Waals surface area contributed by atoms with Gasteiger partial charge in [0.2, 0.25) is 0 Å². The number of hydrogen-bond donors (Lipinski definition) is 3. The molecule has 21 heavy (non-hydrogen) atoms. The maximum Gasteiger partial charge on any atom is 0.251 e. The second-order valence-electron chi connectivity index (χ2n) is 5.49. The van der Waals surface area contributed by atoms with Crippen molar-refractivity contribution in [1.82, 2.24) is 5.32 Å². The first-order valence-corrected chi connectivity index (χ1v) is 6.99. The Hall–Kier alpha value is -2.33. The summed E-state index contributed by atoms with van der Waals surface area (Å²) in [4.78, 5) is 12.4. The highest BCUT2D eigenvalue weighted by atomic mass is 16.3. The minimum absolute atomic E-state index is 0.196. The molecule has 4 N–H and O–H groups in total. The smallest absolute Gasteiger partial charge is 0.251 e. The first-order chi connectivity index (χ1) is 10.1. The van der Waals surface area contributed by atoms with Crippen LogP contribution in [0.3, 0.4) is 0 Å². The van der Waals surface area contributed by atoms with E-state index < -0.39 is 6.10 Å². The highest BCUT2D eigenvalue weighted by Gasteiger charge is 2.32. The highest BCUT2D eigenvalue weighted by molar-refractivity contribution is 5.95. The van der Waals surface area contributed by atoms with E-state index in [1.54, 1.807) is 18.2 Å². The number of nitrogen functional groups attached to an aromatic ring is 1. The van der Waals surface area contributed by atoms with Crippen LogP contribution in [0.15, 0.2) is 42.5 Å². The maximum atomic E-state index is 12.4. The van der Waals surface area contributed by atoms with Crippen molar-refractivity contribution < 1.29 is 9.90 Å². The zero-order chi connectivity index (χ0) is 15.0. The molecule has 2 atom stereocenters. The molecule has 0 fully saturated rings. The van der Waals surface area contributed by atoms with Crippen LogP contribution >= 0.6 is 0 Å². The predicted octanol–water partition coefficient (Wildman–Crippen LogP) is 1.97. The number of nitrogens with one attached hydrogen (secondary N) is 1. The van der Waals surface area contributed by atoms with E-state index in [0.717, 1.165) is 16.7 Å². The summed E-state index contributed by atoms with van der Waals surface area (Å²) in [7, 11) is 0. The van der Waals surface area contributed by atoms with E-state index in [-0.39, 0.29) is 11.9 Å². The molecular formula is C17H18N2O2. The van der Waals surface area contributed by atoms with Gasteiger partial charge in [0.1, 0.15) is 0 Å². The Morgan fingerprint density at radius 3 is 2.81 bits per heavy atom. The van der Waals surface area contributed by atoms with Crippen molar-refractivity contribution in [2.24, 2.45) is 0 Å². The quantitative estimate of drug-likeness (QED) is 0.737. The van der Waals surface area contributed by atoms with Crippen LogP contribution < -0.4 is 11.1 Å². The lowest BCUT2D eigenvalue weighted by atomic mass is 10.1. The van der Waals surface area contributed by atoms with E-state index in [1.165, 1.54) is 0 Å². The molecule has 4 nitrogen and oxygen atoms in total. The van der Waals surface area contributed by atoms with Gasteiger partial charge in [-0.3, -0.25) is 4.79 Å². The summed E-state index contributed by atoms with van der Waals surface area (Å²) in [6.07, 6.45) is -0.0109. The van der Waals surface area contributed by atoms with Crippen LogP contribution in [-0.2, 0) is 6.42 Å². The fraction of sp³-hybridized carbons (Fsp3) is 0.235. The lowest BCUT2D eigenvalue weighted by Crippen LogP contribution is -2.33. The third kappa shape index (κ3) is 2.50. The number of anilines is 1. The number of hydrogen-bond acceptors (Lipinski definition) is 3. The number of aryl methyl sites for hydroxylation is 1. The molecule has 0 aromatic heterocycles. The van der Waals surface area contributed by atoms with Gasteiger partial charge in [0, 0.05) is 17.7 Å². The SMILES string of the molecule is Cc1cc(C(=O)N[C@@H]2c3ccccc3C[C@@H]2O)ccc1N. The molecule has 4 heteroatoms. The van der Waals surface area contributed by atoms with Gasteiger partial charge in [-0.25, -0.2) is 0 Å². The number of carbonyl (C=O) groups excluding carboxylic acids is 1. The number of rotatable bonds is 2. The molecule has 0 saturated heterocycles. The Morgan fingerprint density at radius 1 is 1.29 bits per heavy atom.